The van der Waals surface area contributed by atoms with Gasteiger partial charge in [-0.2, -0.15) is 0 Å². The number of allylic oxidation sites excluding steroid dienone is 10. The van der Waals surface area contributed by atoms with Crippen molar-refractivity contribution in [1.29, 1.82) is 0 Å². The topological polar surface area (TPSA) is 9.86 Å². The van der Waals surface area contributed by atoms with Crippen molar-refractivity contribution in [3.05, 3.63) is 179 Å². The van der Waals surface area contributed by atoms with Crippen LogP contribution < -0.4 is 0 Å². The van der Waals surface area contributed by atoms with E-state index in [1.165, 1.54) is 81.3 Å². The number of thiophene rings is 1. The smallest absolute Gasteiger partial charge is 0.0537 e. The van der Waals surface area contributed by atoms with E-state index >= 15 is 0 Å². The Bertz CT molecular complexity index is 3030. The average molecular weight is 797 g/mol. The first-order valence-corrected chi connectivity index (χ1v) is 22.6. The van der Waals surface area contributed by atoms with Gasteiger partial charge in [-0.1, -0.05) is 130 Å². The standard InChI is InChI=1S/C57H52N2S/c1-4-6-10-23-43(45-30-21-31-50-49-29-17-19-35-56(49)60-57(45)50)24-20-22-41(3)38-44(25-11-7-5-2)59-54-34-15-9-13-27-48(54)51-39-42(36-37-55(51)59)40-58-52-32-14-8-12-26-46(52)47-28-16-18-33-53(47)58/h1,10-14,16-21,23,25-33,35-39,41H,5-9,15,22,34,40H2,2-3H3/b23-10-,25-11-,44-38+. The van der Waals surface area contributed by atoms with Gasteiger partial charge in [-0.15, -0.1) is 29.4 Å². The van der Waals surface area contributed by atoms with E-state index in [0.717, 1.165) is 57.1 Å². The number of hydrogen-bond donors (Lipinski definition) is 0. The SMILES string of the molecule is C#CC/C=C\C(=C=CCC(C)/C=C(\C=C/CCC)n1c2c(c3cc(Cn4c5c(c6ccccc64)C=CCC=C5)ccc31)C=CCCC2)c1cccc2c1sc1ccccc12. The normalized spacial score (nSPS) is 14.5. The summed E-state index contributed by atoms with van der Waals surface area (Å²) < 4.78 is 7.68. The molecule has 2 aliphatic carbocycles. The molecule has 60 heavy (non-hydrogen) atoms. The summed E-state index contributed by atoms with van der Waals surface area (Å²) in [7, 11) is 0. The summed E-state index contributed by atoms with van der Waals surface area (Å²) in [5.74, 6) is 3.05. The minimum absolute atomic E-state index is 0.280. The Morgan fingerprint density at radius 2 is 1.67 bits per heavy atom. The Balaban J connectivity index is 1.10. The Labute approximate surface area is 359 Å². The molecule has 1 unspecified atom stereocenters. The van der Waals surface area contributed by atoms with E-state index < -0.39 is 0 Å². The summed E-state index contributed by atoms with van der Waals surface area (Å²) in [5.41, 5.74) is 16.5. The van der Waals surface area contributed by atoms with Crippen LogP contribution in [0.2, 0.25) is 0 Å². The molecule has 0 N–H and O–H groups in total. The molecule has 3 heteroatoms. The molecule has 7 aromatic rings. The van der Waals surface area contributed by atoms with Gasteiger partial charge in [0.05, 0.1) is 5.52 Å². The number of para-hydroxylation sites is 1. The summed E-state index contributed by atoms with van der Waals surface area (Å²) in [5, 5.41) is 5.25. The number of benzene rings is 4. The van der Waals surface area contributed by atoms with Gasteiger partial charge in [0.25, 0.3) is 0 Å². The van der Waals surface area contributed by atoms with Crippen LogP contribution in [0.4, 0.5) is 0 Å². The molecule has 3 aromatic heterocycles. The summed E-state index contributed by atoms with van der Waals surface area (Å²) in [6, 6.07) is 31.4. The minimum Gasteiger partial charge on any atom is -0.336 e. The maximum absolute atomic E-state index is 5.67. The molecule has 9 rings (SSSR count). The average Bonchev–Trinajstić information content (AvgIpc) is 3.70. The molecule has 296 valence electrons. The molecule has 4 aromatic carbocycles. The molecule has 1 atom stereocenters. The van der Waals surface area contributed by atoms with Crippen molar-refractivity contribution in [2.45, 2.75) is 71.8 Å². The number of nitrogens with zero attached hydrogens (tertiary/aromatic N) is 2. The van der Waals surface area contributed by atoms with E-state index in [1.54, 1.807) is 0 Å². The van der Waals surface area contributed by atoms with Crippen LogP contribution in [-0.2, 0) is 13.0 Å². The highest BCUT2D eigenvalue weighted by atomic mass is 32.1. The number of aromatic nitrogens is 2. The molecule has 3 heterocycles. The van der Waals surface area contributed by atoms with E-state index in [9.17, 15) is 0 Å². The first-order chi connectivity index (χ1) is 29.6. The lowest BCUT2D eigenvalue weighted by Crippen LogP contribution is -2.04. The molecule has 0 aliphatic heterocycles. The van der Waals surface area contributed by atoms with Gasteiger partial charge in [0.2, 0.25) is 0 Å². The molecular formula is C57H52N2S. The Morgan fingerprint density at radius 1 is 0.833 bits per heavy atom. The summed E-state index contributed by atoms with van der Waals surface area (Å²) in [6.45, 7) is 5.41. The first kappa shape index (κ1) is 39.2. The predicted octanol–water partition coefficient (Wildman–Crippen LogP) is 15.8. The molecule has 2 aliphatic rings. The zero-order valence-corrected chi connectivity index (χ0v) is 35.6. The lowest BCUT2D eigenvalue weighted by atomic mass is 10.0. The highest BCUT2D eigenvalue weighted by molar-refractivity contribution is 7.26. The molecule has 0 spiro atoms. The third-order valence-corrected chi connectivity index (χ3v) is 13.1. The van der Waals surface area contributed by atoms with Crippen LogP contribution in [-0.4, -0.2) is 9.13 Å². The monoisotopic (exact) mass is 796 g/mol. The zero-order valence-electron chi connectivity index (χ0n) is 34.8. The lowest BCUT2D eigenvalue weighted by molar-refractivity contribution is 0.740. The molecular weight excluding hydrogens is 745 g/mol. The maximum atomic E-state index is 5.67. The Kier molecular flexibility index (Phi) is 11.7. The predicted molar refractivity (Wildman–Crippen MR) is 263 cm³/mol. The van der Waals surface area contributed by atoms with Gasteiger partial charge in [-0.3, -0.25) is 0 Å². The van der Waals surface area contributed by atoms with Crippen LogP contribution in [0.5, 0.6) is 0 Å². The van der Waals surface area contributed by atoms with Gasteiger partial charge in [-0.25, -0.2) is 0 Å². The molecule has 0 saturated heterocycles. The Hall–Kier alpha value is -6.30. The van der Waals surface area contributed by atoms with Crippen LogP contribution in [0.15, 0.2) is 145 Å². The van der Waals surface area contributed by atoms with E-state index in [-0.39, 0.29) is 5.92 Å². The number of hydrogen-bond acceptors (Lipinski definition) is 1. The van der Waals surface area contributed by atoms with Crippen molar-refractivity contribution < 1.29 is 0 Å². The van der Waals surface area contributed by atoms with Crippen molar-refractivity contribution in [2.75, 3.05) is 0 Å². The van der Waals surface area contributed by atoms with Crippen LogP contribution >= 0.6 is 11.3 Å². The van der Waals surface area contributed by atoms with Crippen molar-refractivity contribution in [1.82, 2.24) is 9.13 Å². The summed E-state index contributed by atoms with van der Waals surface area (Å²) in [4.78, 5) is 0. The van der Waals surface area contributed by atoms with Gasteiger partial charge in [0.15, 0.2) is 0 Å². The van der Waals surface area contributed by atoms with Gasteiger partial charge in [-0.05, 0) is 98.6 Å². The third kappa shape index (κ3) is 7.78. The van der Waals surface area contributed by atoms with Gasteiger partial charge < -0.3 is 9.13 Å². The van der Waals surface area contributed by atoms with Gasteiger partial charge >= 0.3 is 0 Å². The van der Waals surface area contributed by atoms with Crippen LogP contribution in [0.1, 0.15) is 92.4 Å². The fourth-order valence-corrected chi connectivity index (χ4v) is 10.3. The lowest BCUT2D eigenvalue weighted by Gasteiger charge is -2.15. The highest BCUT2D eigenvalue weighted by Gasteiger charge is 2.21. The van der Waals surface area contributed by atoms with Gasteiger partial charge in [0, 0.05) is 88.8 Å². The number of fused-ring (bicyclic) bond motifs is 9. The fourth-order valence-electron chi connectivity index (χ4n) is 9.04. The number of unbranched alkanes of at least 4 members (excludes halogenated alkanes) is 1. The van der Waals surface area contributed by atoms with Crippen molar-refractivity contribution in [2.24, 2.45) is 5.92 Å². The maximum Gasteiger partial charge on any atom is 0.0537 e. The molecule has 0 bridgehead atoms. The van der Waals surface area contributed by atoms with Crippen molar-refractivity contribution >= 4 is 82.8 Å². The summed E-state index contributed by atoms with van der Waals surface area (Å²) >= 11 is 1.85. The third-order valence-electron chi connectivity index (χ3n) is 11.9. The van der Waals surface area contributed by atoms with Crippen LogP contribution in [0.3, 0.4) is 0 Å². The van der Waals surface area contributed by atoms with Crippen LogP contribution in [0, 0.1) is 18.3 Å². The summed E-state index contributed by atoms with van der Waals surface area (Å²) in [6.07, 6.45) is 41.2. The van der Waals surface area contributed by atoms with E-state index in [0.29, 0.717) is 6.42 Å². The van der Waals surface area contributed by atoms with Gasteiger partial charge in [0.1, 0.15) is 0 Å². The van der Waals surface area contributed by atoms with Crippen LogP contribution in [0.25, 0.3) is 71.5 Å². The molecule has 0 fully saturated rings. The van der Waals surface area contributed by atoms with Crippen molar-refractivity contribution in [3.63, 3.8) is 0 Å². The second-order valence-corrected chi connectivity index (χ2v) is 17.2. The first-order valence-electron chi connectivity index (χ1n) is 21.7. The Morgan fingerprint density at radius 3 is 2.57 bits per heavy atom. The quantitative estimate of drug-likeness (QED) is 0.0662. The molecule has 0 amide bonds. The number of terminal acetylenes is 1. The number of rotatable bonds is 12. The van der Waals surface area contributed by atoms with E-state index in [1.807, 2.05) is 11.3 Å². The van der Waals surface area contributed by atoms with E-state index in [2.05, 4.69) is 192 Å². The van der Waals surface area contributed by atoms with Crippen molar-refractivity contribution in [3.8, 4) is 12.3 Å². The largest absolute Gasteiger partial charge is 0.336 e. The zero-order chi connectivity index (χ0) is 40.8. The second kappa shape index (κ2) is 17.9. The molecule has 2 nitrogen and oxygen atoms in total. The highest BCUT2D eigenvalue weighted by Crippen LogP contribution is 2.39. The fraction of sp³-hybridized carbons (Fsp3) is 0.211. The molecule has 0 radical (unpaired) electrons. The minimum atomic E-state index is 0.280. The molecule has 0 saturated carbocycles. The second-order valence-electron chi connectivity index (χ2n) is 16.1. The van der Waals surface area contributed by atoms with E-state index in [4.69, 9.17) is 6.42 Å².